The molecule has 1 aromatic carbocycles. The van der Waals surface area contributed by atoms with Gasteiger partial charge in [0.05, 0.1) is 0 Å². The van der Waals surface area contributed by atoms with Gasteiger partial charge in [0.2, 0.25) is 6.79 Å². The van der Waals surface area contributed by atoms with Crippen LogP contribution in [0.1, 0.15) is 17.3 Å². The molecule has 0 radical (unpaired) electrons. The molecule has 5 nitrogen and oxygen atoms in total. The number of carbonyl (C=O) groups is 2. The van der Waals surface area contributed by atoms with E-state index in [1.165, 1.54) is 6.08 Å². The van der Waals surface area contributed by atoms with Gasteiger partial charge in [0.25, 0.3) is 0 Å². The molecule has 104 valence electrons. The molecule has 0 fully saturated rings. The lowest BCUT2D eigenvalue weighted by atomic mass is 10.1. The van der Waals surface area contributed by atoms with Crippen molar-refractivity contribution in [2.45, 2.75) is 6.92 Å². The fraction of sp³-hybridized carbons (Fsp3) is 0.200. The van der Waals surface area contributed by atoms with Crippen LogP contribution < -0.4 is 9.47 Å². The van der Waals surface area contributed by atoms with Crippen LogP contribution in [0.2, 0.25) is 0 Å². The average Bonchev–Trinajstić information content (AvgIpc) is 2.92. The summed E-state index contributed by atoms with van der Waals surface area (Å²) in [5.41, 5.74) is 0.416. The van der Waals surface area contributed by atoms with Crippen LogP contribution in [-0.4, -0.2) is 25.2 Å². The minimum absolute atomic E-state index is 0.151. The van der Waals surface area contributed by atoms with E-state index in [4.69, 9.17) is 14.2 Å². The summed E-state index contributed by atoms with van der Waals surface area (Å²) in [6, 6.07) is 4.84. The smallest absolute Gasteiger partial charge is 0.331 e. The summed E-state index contributed by atoms with van der Waals surface area (Å²) in [5, 5.41) is 0. The third-order valence-electron chi connectivity index (χ3n) is 2.58. The Morgan fingerprint density at radius 1 is 1.25 bits per heavy atom. The number of rotatable bonds is 5. The van der Waals surface area contributed by atoms with Crippen molar-refractivity contribution < 1.29 is 23.8 Å². The molecule has 0 spiro atoms. The molecule has 0 atom stereocenters. The zero-order chi connectivity index (χ0) is 14.4. The molecule has 0 saturated heterocycles. The van der Waals surface area contributed by atoms with Crippen LogP contribution in [0.15, 0.2) is 42.5 Å². The number of ketones is 1. The largest absolute Gasteiger partial charge is 0.454 e. The molecule has 1 aliphatic rings. The number of carbonyl (C=O) groups excluding carboxylic acids is 2. The van der Waals surface area contributed by atoms with Crippen LogP contribution in [0.3, 0.4) is 0 Å². The summed E-state index contributed by atoms with van der Waals surface area (Å²) < 4.78 is 15.2. The normalized spacial score (nSPS) is 13.1. The molecule has 1 aliphatic heterocycles. The van der Waals surface area contributed by atoms with Gasteiger partial charge in [0.15, 0.2) is 23.9 Å². The Morgan fingerprint density at radius 3 is 2.85 bits per heavy atom. The van der Waals surface area contributed by atoms with Gasteiger partial charge in [-0.1, -0.05) is 18.2 Å². The maximum Gasteiger partial charge on any atom is 0.331 e. The number of esters is 1. The number of allylic oxidation sites excluding steroid dienone is 3. The highest BCUT2D eigenvalue weighted by atomic mass is 16.7. The van der Waals surface area contributed by atoms with Gasteiger partial charge in [-0.3, -0.25) is 4.79 Å². The molecule has 0 aliphatic carbocycles. The van der Waals surface area contributed by atoms with Crippen LogP contribution in [0.4, 0.5) is 0 Å². The van der Waals surface area contributed by atoms with Crippen molar-refractivity contribution in [1.29, 1.82) is 0 Å². The van der Waals surface area contributed by atoms with Gasteiger partial charge >= 0.3 is 5.97 Å². The van der Waals surface area contributed by atoms with Crippen molar-refractivity contribution in [2.24, 2.45) is 0 Å². The molecule has 0 unspecified atom stereocenters. The number of ether oxygens (including phenoxy) is 3. The van der Waals surface area contributed by atoms with Crippen molar-refractivity contribution in [3.63, 3.8) is 0 Å². The van der Waals surface area contributed by atoms with E-state index in [1.54, 1.807) is 36.4 Å². The molecule has 0 saturated carbocycles. The van der Waals surface area contributed by atoms with E-state index < -0.39 is 5.97 Å². The second-order valence-electron chi connectivity index (χ2n) is 3.98. The quantitative estimate of drug-likeness (QED) is 0.357. The van der Waals surface area contributed by atoms with E-state index in [1.807, 2.05) is 6.92 Å². The van der Waals surface area contributed by atoms with Gasteiger partial charge in [0, 0.05) is 11.6 Å². The zero-order valence-corrected chi connectivity index (χ0v) is 11.0. The maximum absolute atomic E-state index is 11.9. The van der Waals surface area contributed by atoms with E-state index in [2.05, 4.69) is 0 Å². The fourth-order valence-corrected chi connectivity index (χ4v) is 1.58. The lowest BCUT2D eigenvalue weighted by molar-refractivity contribution is -0.136. The van der Waals surface area contributed by atoms with Crippen molar-refractivity contribution in [2.75, 3.05) is 13.4 Å². The standard InChI is InChI=1S/C15H14O5/c1-2-3-4-5-15(17)18-9-12(16)11-6-7-13-14(8-11)20-10-19-13/h2-8H,9-10H2,1H3/b3-2+,5-4+. The van der Waals surface area contributed by atoms with Gasteiger partial charge in [0.1, 0.15) is 0 Å². The third kappa shape index (κ3) is 3.47. The number of fused-ring (bicyclic) bond motifs is 1. The average molecular weight is 274 g/mol. The number of benzene rings is 1. The molecule has 1 heterocycles. The molecular formula is C15H14O5. The first-order valence-electron chi connectivity index (χ1n) is 6.09. The van der Waals surface area contributed by atoms with Gasteiger partial charge in [-0.2, -0.15) is 0 Å². The first-order valence-corrected chi connectivity index (χ1v) is 6.09. The summed E-state index contributed by atoms with van der Waals surface area (Å²) in [4.78, 5) is 23.2. The minimum Gasteiger partial charge on any atom is -0.454 e. The Morgan fingerprint density at radius 2 is 2.05 bits per heavy atom. The Balaban J connectivity index is 1.90. The molecule has 0 amide bonds. The Bertz CT molecular complexity index is 572. The molecule has 0 aromatic heterocycles. The van der Waals surface area contributed by atoms with Crippen LogP contribution in [-0.2, 0) is 9.53 Å². The van der Waals surface area contributed by atoms with E-state index in [-0.39, 0.29) is 19.2 Å². The highest BCUT2D eigenvalue weighted by molar-refractivity contribution is 5.99. The van der Waals surface area contributed by atoms with Crippen LogP contribution >= 0.6 is 0 Å². The minimum atomic E-state index is -0.558. The fourth-order valence-electron chi connectivity index (χ4n) is 1.58. The van der Waals surface area contributed by atoms with Gasteiger partial charge < -0.3 is 14.2 Å². The van der Waals surface area contributed by atoms with Crippen LogP contribution in [0.25, 0.3) is 0 Å². The van der Waals surface area contributed by atoms with E-state index in [0.29, 0.717) is 17.1 Å². The first-order chi connectivity index (χ1) is 9.70. The summed E-state index contributed by atoms with van der Waals surface area (Å²) in [5.74, 6) is 0.274. The Labute approximate surface area is 116 Å². The van der Waals surface area contributed by atoms with Gasteiger partial charge in [-0.25, -0.2) is 4.79 Å². The van der Waals surface area contributed by atoms with Crippen LogP contribution in [0.5, 0.6) is 11.5 Å². The summed E-state index contributed by atoms with van der Waals surface area (Å²) >= 11 is 0. The van der Waals surface area contributed by atoms with E-state index >= 15 is 0 Å². The molecule has 0 N–H and O–H groups in total. The molecule has 2 rings (SSSR count). The van der Waals surface area contributed by atoms with Gasteiger partial charge in [-0.05, 0) is 25.1 Å². The van der Waals surface area contributed by atoms with E-state index in [9.17, 15) is 9.59 Å². The SMILES string of the molecule is C/C=C/C=C/C(=O)OCC(=O)c1ccc2c(c1)OCO2. The lowest BCUT2D eigenvalue weighted by Gasteiger charge is -2.03. The molecule has 5 heteroatoms. The summed E-state index contributed by atoms with van der Waals surface area (Å²) in [6.45, 7) is 1.68. The summed E-state index contributed by atoms with van der Waals surface area (Å²) in [6.07, 6.45) is 6.28. The van der Waals surface area contributed by atoms with Crippen molar-refractivity contribution in [3.8, 4) is 11.5 Å². The monoisotopic (exact) mass is 274 g/mol. The molecular weight excluding hydrogens is 260 g/mol. The Hall–Kier alpha value is -2.56. The lowest BCUT2D eigenvalue weighted by Crippen LogP contribution is -2.12. The zero-order valence-electron chi connectivity index (χ0n) is 11.0. The highest BCUT2D eigenvalue weighted by Crippen LogP contribution is 2.32. The maximum atomic E-state index is 11.9. The van der Waals surface area contributed by atoms with Crippen molar-refractivity contribution >= 4 is 11.8 Å². The predicted molar refractivity (Wildman–Crippen MR) is 71.8 cm³/mol. The second-order valence-corrected chi connectivity index (χ2v) is 3.98. The third-order valence-corrected chi connectivity index (χ3v) is 2.58. The van der Waals surface area contributed by atoms with Crippen molar-refractivity contribution in [3.05, 3.63) is 48.1 Å². The van der Waals surface area contributed by atoms with Crippen LogP contribution in [0, 0.1) is 0 Å². The first kappa shape index (κ1) is 13.9. The molecule has 1 aromatic rings. The van der Waals surface area contributed by atoms with Crippen molar-refractivity contribution in [1.82, 2.24) is 0 Å². The number of hydrogen-bond acceptors (Lipinski definition) is 5. The molecule has 20 heavy (non-hydrogen) atoms. The topological polar surface area (TPSA) is 61.8 Å². The number of hydrogen-bond donors (Lipinski definition) is 0. The Kier molecular flexibility index (Phi) is 4.55. The highest BCUT2D eigenvalue weighted by Gasteiger charge is 2.16. The number of Topliss-reactive ketones (excluding diaryl/α,β-unsaturated/α-hetero) is 1. The predicted octanol–water partition coefficient (Wildman–Crippen LogP) is 2.27. The van der Waals surface area contributed by atoms with Gasteiger partial charge in [-0.15, -0.1) is 0 Å². The van der Waals surface area contributed by atoms with E-state index in [0.717, 1.165) is 0 Å². The summed E-state index contributed by atoms with van der Waals surface area (Å²) in [7, 11) is 0. The molecule has 0 bridgehead atoms. The second kappa shape index (κ2) is 6.56.